The summed E-state index contributed by atoms with van der Waals surface area (Å²) in [5.74, 6) is 0.341. The number of allylic oxidation sites excluding steroid dienone is 1. The number of nitrogens with zero attached hydrogens (tertiary/aromatic N) is 1. The Bertz CT molecular complexity index is 269. The predicted octanol–water partition coefficient (Wildman–Crippen LogP) is 2.82. The highest BCUT2D eigenvalue weighted by Crippen LogP contribution is 2.12. The molecule has 0 aromatic carbocycles. The minimum absolute atomic E-state index is 0.0634. The molecule has 1 atom stereocenters. The van der Waals surface area contributed by atoms with Crippen LogP contribution in [0.25, 0.3) is 0 Å². The van der Waals surface area contributed by atoms with E-state index in [1.807, 2.05) is 33.8 Å². The Morgan fingerprint density at radius 1 is 1.44 bits per heavy atom. The monoisotopic (exact) mass is 257 g/mol. The van der Waals surface area contributed by atoms with Crippen LogP contribution in [-0.2, 0) is 4.74 Å². The fourth-order valence-electron chi connectivity index (χ4n) is 1.45. The van der Waals surface area contributed by atoms with Gasteiger partial charge in [0.1, 0.15) is 5.60 Å². The summed E-state index contributed by atoms with van der Waals surface area (Å²) >= 11 is 0. The van der Waals surface area contributed by atoms with Crippen molar-refractivity contribution in [2.75, 3.05) is 19.7 Å². The van der Waals surface area contributed by atoms with E-state index < -0.39 is 5.60 Å². The van der Waals surface area contributed by atoms with Gasteiger partial charge in [-0.3, -0.25) is 0 Å². The first-order valence-corrected chi connectivity index (χ1v) is 6.55. The summed E-state index contributed by atoms with van der Waals surface area (Å²) in [5, 5.41) is 8.68. The maximum absolute atomic E-state index is 11.9. The van der Waals surface area contributed by atoms with Gasteiger partial charge >= 0.3 is 6.09 Å². The second-order valence-corrected chi connectivity index (χ2v) is 5.44. The highest BCUT2D eigenvalue weighted by atomic mass is 16.6. The third-order valence-electron chi connectivity index (χ3n) is 2.46. The van der Waals surface area contributed by atoms with Gasteiger partial charge in [-0.25, -0.2) is 4.79 Å². The number of hydrogen-bond donors (Lipinski definition) is 1. The molecule has 0 aromatic heterocycles. The molecule has 0 spiro atoms. The van der Waals surface area contributed by atoms with E-state index in [9.17, 15) is 4.79 Å². The molecular weight excluding hydrogens is 230 g/mol. The van der Waals surface area contributed by atoms with E-state index in [2.05, 4.69) is 6.92 Å². The van der Waals surface area contributed by atoms with Crippen molar-refractivity contribution in [3.63, 3.8) is 0 Å². The Labute approximate surface area is 111 Å². The van der Waals surface area contributed by atoms with Crippen molar-refractivity contribution in [2.45, 2.75) is 46.6 Å². The Balaban J connectivity index is 4.18. The molecule has 18 heavy (non-hydrogen) atoms. The van der Waals surface area contributed by atoms with Crippen LogP contribution in [0.3, 0.4) is 0 Å². The lowest BCUT2D eigenvalue weighted by molar-refractivity contribution is 0.0254. The number of rotatable bonds is 6. The molecule has 4 heteroatoms. The molecule has 4 nitrogen and oxygen atoms in total. The van der Waals surface area contributed by atoms with Crippen molar-refractivity contribution in [3.8, 4) is 0 Å². The summed E-state index contributed by atoms with van der Waals surface area (Å²) < 4.78 is 5.33. The number of hydrogen-bond acceptors (Lipinski definition) is 3. The number of aliphatic hydroxyl groups excluding tert-OH is 1. The topological polar surface area (TPSA) is 49.8 Å². The maximum atomic E-state index is 11.9. The van der Waals surface area contributed by atoms with Gasteiger partial charge < -0.3 is 14.7 Å². The van der Waals surface area contributed by atoms with E-state index >= 15 is 0 Å². The highest BCUT2D eigenvalue weighted by Gasteiger charge is 2.20. The molecule has 0 radical (unpaired) electrons. The summed E-state index contributed by atoms with van der Waals surface area (Å²) in [4.78, 5) is 13.6. The highest BCUT2D eigenvalue weighted by molar-refractivity contribution is 5.68. The van der Waals surface area contributed by atoms with E-state index in [0.717, 1.165) is 6.42 Å². The zero-order valence-corrected chi connectivity index (χ0v) is 12.3. The standard InChI is InChI=1S/C14H27NO3/c1-6-15(13(17)18-14(3,4)5)10-9-12(2)8-7-11-16/h7-8,12,16H,6,9-11H2,1-5H3/b8-7-. The van der Waals surface area contributed by atoms with Gasteiger partial charge in [-0.15, -0.1) is 0 Å². The van der Waals surface area contributed by atoms with Crippen molar-refractivity contribution >= 4 is 6.09 Å². The van der Waals surface area contributed by atoms with Gasteiger partial charge in [0.2, 0.25) is 0 Å². The Morgan fingerprint density at radius 3 is 2.50 bits per heavy atom. The molecule has 0 aromatic rings. The van der Waals surface area contributed by atoms with Crippen molar-refractivity contribution in [1.82, 2.24) is 4.90 Å². The second-order valence-electron chi connectivity index (χ2n) is 5.44. The molecule has 1 N–H and O–H groups in total. The summed E-state index contributed by atoms with van der Waals surface area (Å²) in [5.41, 5.74) is -0.451. The van der Waals surface area contributed by atoms with Crippen LogP contribution >= 0.6 is 0 Å². The van der Waals surface area contributed by atoms with Crippen LogP contribution < -0.4 is 0 Å². The molecule has 0 heterocycles. The first-order valence-electron chi connectivity index (χ1n) is 6.55. The van der Waals surface area contributed by atoms with Gasteiger partial charge in [-0.05, 0) is 40.0 Å². The molecule has 0 bridgehead atoms. The molecule has 1 amide bonds. The lowest BCUT2D eigenvalue weighted by atomic mass is 10.1. The van der Waals surface area contributed by atoms with Crippen LogP contribution in [-0.4, -0.2) is 41.4 Å². The van der Waals surface area contributed by atoms with E-state index in [-0.39, 0.29) is 12.7 Å². The zero-order chi connectivity index (χ0) is 14.2. The average Bonchev–Trinajstić information content (AvgIpc) is 2.24. The minimum atomic E-state index is -0.451. The normalized spacial score (nSPS) is 13.7. The van der Waals surface area contributed by atoms with Gasteiger partial charge in [-0.1, -0.05) is 19.1 Å². The number of carbonyl (C=O) groups is 1. The van der Waals surface area contributed by atoms with Gasteiger partial charge in [0.05, 0.1) is 6.61 Å². The molecule has 0 rings (SSSR count). The van der Waals surface area contributed by atoms with Gasteiger partial charge in [0.25, 0.3) is 0 Å². The largest absolute Gasteiger partial charge is 0.444 e. The number of ether oxygens (including phenoxy) is 1. The number of amides is 1. The fourth-order valence-corrected chi connectivity index (χ4v) is 1.45. The quantitative estimate of drug-likeness (QED) is 0.744. The summed E-state index contributed by atoms with van der Waals surface area (Å²) in [6, 6.07) is 0. The second kappa shape index (κ2) is 8.14. The van der Waals surface area contributed by atoms with Crippen LogP contribution in [0.1, 0.15) is 41.0 Å². The van der Waals surface area contributed by atoms with Crippen molar-refractivity contribution < 1.29 is 14.6 Å². The first kappa shape index (κ1) is 17.0. The minimum Gasteiger partial charge on any atom is -0.444 e. The Kier molecular flexibility index (Phi) is 7.67. The molecule has 106 valence electrons. The third-order valence-corrected chi connectivity index (χ3v) is 2.46. The Hall–Kier alpha value is -1.03. The predicted molar refractivity (Wildman–Crippen MR) is 73.5 cm³/mol. The van der Waals surface area contributed by atoms with Gasteiger partial charge in [0, 0.05) is 13.1 Å². The smallest absolute Gasteiger partial charge is 0.410 e. The first-order chi connectivity index (χ1) is 8.30. The SMILES string of the molecule is CCN(CCC(C)/C=C\CO)C(=O)OC(C)(C)C. The summed E-state index contributed by atoms with van der Waals surface area (Å²) in [7, 11) is 0. The van der Waals surface area contributed by atoms with Gasteiger partial charge in [-0.2, -0.15) is 0 Å². The molecule has 0 fully saturated rings. The molecular formula is C14H27NO3. The van der Waals surface area contributed by atoms with Crippen molar-refractivity contribution in [3.05, 3.63) is 12.2 Å². The molecule has 0 aliphatic rings. The van der Waals surface area contributed by atoms with Crippen LogP contribution in [0.4, 0.5) is 4.79 Å². The average molecular weight is 257 g/mol. The fraction of sp³-hybridized carbons (Fsp3) is 0.786. The summed E-state index contributed by atoms with van der Waals surface area (Å²) in [6.07, 6.45) is 4.30. The zero-order valence-electron chi connectivity index (χ0n) is 12.3. The van der Waals surface area contributed by atoms with Crippen LogP contribution in [0.2, 0.25) is 0 Å². The molecule has 0 aliphatic carbocycles. The van der Waals surface area contributed by atoms with Crippen LogP contribution in [0.5, 0.6) is 0 Å². The third kappa shape index (κ3) is 8.12. The van der Waals surface area contributed by atoms with E-state index in [4.69, 9.17) is 9.84 Å². The molecule has 0 saturated carbocycles. The molecule has 1 unspecified atom stereocenters. The maximum Gasteiger partial charge on any atom is 0.410 e. The lowest BCUT2D eigenvalue weighted by Crippen LogP contribution is -2.37. The van der Waals surface area contributed by atoms with Crippen molar-refractivity contribution in [1.29, 1.82) is 0 Å². The number of carbonyl (C=O) groups excluding carboxylic acids is 1. The van der Waals surface area contributed by atoms with E-state index in [1.54, 1.807) is 11.0 Å². The van der Waals surface area contributed by atoms with E-state index in [0.29, 0.717) is 19.0 Å². The molecule has 0 saturated heterocycles. The van der Waals surface area contributed by atoms with Gasteiger partial charge in [0.15, 0.2) is 0 Å². The molecule has 0 aliphatic heterocycles. The van der Waals surface area contributed by atoms with E-state index in [1.165, 1.54) is 0 Å². The number of aliphatic hydroxyl groups is 1. The Morgan fingerprint density at radius 2 is 2.06 bits per heavy atom. The summed E-state index contributed by atoms with van der Waals surface area (Å²) in [6.45, 7) is 11.0. The van der Waals surface area contributed by atoms with Crippen molar-refractivity contribution in [2.24, 2.45) is 5.92 Å². The lowest BCUT2D eigenvalue weighted by Gasteiger charge is -2.27. The van der Waals surface area contributed by atoms with Crippen LogP contribution in [0, 0.1) is 5.92 Å². The van der Waals surface area contributed by atoms with Crippen LogP contribution in [0.15, 0.2) is 12.2 Å².